The average molecular weight is 386 g/mol. The minimum absolute atomic E-state index is 0.541. The topological polar surface area (TPSA) is 29.5 Å². The highest BCUT2D eigenvalue weighted by molar-refractivity contribution is 9.11. The molecule has 2 aromatic rings. The Kier molecular flexibility index (Phi) is 5.02. The third-order valence-corrected chi connectivity index (χ3v) is 4.12. The van der Waals surface area contributed by atoms with Crippen molar-refractivity contribution in [1.29, 1.82) is 0 Å². The Balaban J connectivity index is 2.15. The first-order chi connectivity index (χ1) is 9.10. The second kappa shape index (κ2) is 6.55. The Hall–Kier alpha value is -0.840. The molecule has 0 saturated carbocycles. The van der Waals surface area contributed by atoms with Gasteiger partial charge in [-0.25, -0.2) is 0 Å². The van der Waals surface area contributed by atoms with Crippen molar-refractivity contribution in [1.82, 2.24) is 0 Å². The maximum atomic E-state index is 10.3. The molecule has 0 bridgehead atoms. The molecule has 0 aliphatic carbocycles. The summed E-state index contributed by atoms with van der Waals surface area (Å²) in [7, 11) is 1.64. The Morgan fingerprint density at radius 2 is 1.79 bits per heavy atom. The maximum absolute atomic E-state index is 10.3. The van der Waals surface area contributed by atoms with E-state index in [-0.39, 0.29) is 0 Å². The summed E-state index contributed by atoms with van der Waals surface area (Å²) < 4.78 is 6.99. The minimum atomic E-state index is -0.541. The molecule has 2 nitrogen and oxygen atoms in total. The summed E-state index contributed by atoms with van der Waals surface area (Å²) in [6.45, 7) is 0. The second-order valence-corrected chi connectivity index (χ2v) is 6.00. The molecule has 0 aliphatic heterocycles. The molecule has 19 heavy (non-hydrogen) atoms. The third kappa shape index (κ3) is 3.81. The molecule has 1 N–H and O–H groups in total. The Labute approximate surface area is 129 Å². The zero-order valence-electron chi connectivity index (χ0n) is 10.4. The Bertz CT molecular complexity index is 553. The smallest absolute Gasteiger partial charge is 0.118 e. The van der Waals surface area contributed by atoms with Crippen molar-refractivity contribution in [2.45, 2.75) is 12.5 Å². The quantitative estimate of drug-likeness (QED) is 0.839. The van der Waals surface area contributed by atoms with Gasteiger partial charge in [-0.2, -0.15) is 0 Å². The van der Waals surface area contributed by atoms with E-state index in [1.54, 1.807) is 7.11 Å². The zero-order valence-corrected chi connectivity index (χ0v) is 13.6. The van der Waals surface area contributed by atoms with Gasteiger partial charge in [-0.1, -0.05) is 44.0 Å². The summed E-state index contributed by atoms with van der Waals surface area (Å²) in [5.74, 6) is 0.821. The van der Waals surface area contributed by atoms with Gasteiger partial charge in [0.05, 0.1) is 13.2 Å². The molecule has 0 amide bonds. The van der Waals surface area contributed by atoms with Crippen molar-refractivity contribution >= 4 is 31.9 Å². The van der Waals surface area contributed by atoms with Gasteiger partial charge in [0.2, 0.25) is 0 Å². The molecule has 0 spiro atoms. The van der Waals surface area contributed by atoms with Crippen molar-refractivity contribution in [3.63, 3.8) is 0 Å². The molecule has 0 aromatic heterocycles. The molecule has 0 fully saturated rings. The number of rotatable bonds is 4. The predicted octanol–water partition coefficient (Wildman–Crippen LogP) is 4.50. The van der Waals surface area contributed by atoms with Gasteiger partial charge in [0.15, 0.2) is 0 Å². The Morgan fingerprint density at radius 3 is 2.42 bits per heavy atom. The number of methoxy groups -OCH3 is 1. The van der Waals surface area contributed by atoms with Gasteiger partial charge in [0.25, 0.3) is 0 Å². The van der Waals surface area contributed by atoms with Gasteiger partial charge in [-0.05, 0) is 41.5 Å². The molecule has 0 radical (unpaired) electrons. The van der Waals surface area contributed by atoms with E-state index in [4.69, 9.17) is 4.74 Å². The molecular weight excluding hydrogens is 372 g/mol. The zero-order chi connectivity index (χ0) is 13.8. The largest absolute Gasteiger partial charge is 0.497 e. The van der Waals surface area contributed by atoms with Crippen molar-refractivity contribution in [2.24, 2.45) is 0 Å². The molecule has 1 atom stereocenters. The predicted molar refractivity (Wildman–Crippen MR) is 83.5 cm³/mol. The summed E-state index contributed by atoms with van der Waals surface area (Å²) in [5.41, 5.74) is 1.95. The van der Waals surface area contributed by atoms with Gasteiger partial charge in [0.1, 0.15) is 5.75 Å². The number of aliphatic hydroxyl groups is 1. The molecule has 0 heterocycles. The van der Waals surface area contributed by atoms with Crippen LogP contribution in [0.15, 0.2) is 51.4 Å². The molecule has 2 aromatic carbocycles. The van der Waals surface area contributed by atoms with Crippen molar-refractivity contribution in [3.8, 4) is 5.75 Å². The Morgan fingerprint density at radius 1 is 1.11 bits per heavy atom. The van der Waals surface area contributed by atoms with E-state index in [0.29, 0.717) is 6.42 Å². The lowest BCUT2D eigenvalue weighted by Gasteiger charge is -2.13. The summed E-state index contributed by atoms with van der Waals surface area (Å²) >= 11 is 6.89. The number of hydrogen-bond donors (Lipinski definition) is 1. The normalized spacial score (nSPS) is 12.2. The number of benzene rings is 2. The van der Waals surface area contributed by atoms with E-state index in [1.807, 2.05) is 42.5 Å². The van der Waals surface area contributed by atoms with Crippen molar-refractivity contribution in [2.75, 3.05) is 7.11 Å². The van der Waals surface area contributed by atoms with Crippen LogP contribution in [0.25, 0.3) is 0 Å². The van der Waals surface area contributed by atoms with E-state index in [0.717, 1.165) is 25.8 Å². The van der Waals surface area contributed by atoms with Gasteiger partial charge in [0, 0.05) is 15.4 Å². The lowest BCUT2D eigenvalue weighted by Crippen LogP contribution is -2.02. The van der Waals surface area contributed by atoms with E-state index >= 15 is 0 Å². The lowest BCUT2D eigenvalue weighted by atomic mass is 10.0. The fraction of sp³-hybridized carbons (Fsp3) is 0.200. The summed E-state index contributed by atoms with van der Waals surface area (Å²) in [6.07, 6.45) is 0.0271. The number of ether oxygens (including phenoxy) is 1. The van der Waals surface area contributed by atoms with Gasteiger partial charge in [-0.3, -0.25) is 0 Å². The SMILES string of the molecule is COc1ccc(CC(O)c2cc(Br)ccc2Br)cc1. The molecule has 0 aliphatic rings. The summed E-state index contributed by atoms with van der Waals surface area (Å²) in [5, 5.41) is 10.3. The van der Waals surface area contributed by atoms with Crippen LogP contribution < -0.4 is 4.74 Å². The monoisotopic (exact) mass is 384 g/mol. The van der Waals surface area contributed by atoms with Gasteiger partial charge in [-0.15, -0.1) is 0 Å². The van der Waals surface area contributed by atoms with Gasteiger partial charge < -0.3 is 9.84 Å². The number of aliphatic hydroxyl groups excluding tert-OH is 1. The molecular formula is C15H14Br2O2. The van der Waals surface area contributed by atoms with Crippen LogP contribution >= 0.6 is 31.9 Å². The average Bonchev–Trinajstić information content (AvgIpc) is 2.42. The van der Waals surface area contributed by atoms with E-state index in [9.17, 15) is 5.11 Å². The maximum Gasteiger partial charge on any atom is 0.118 e. The van der Waals surface area contributed by atoms with Crippen molar-refractivity contribution < 1.29 is 9.84 Å². The molecule has 100 valence electrons. The summed E-state index contributed by atoms with van der Waals surface area (Å²) in [6, 6.07) is 13.5. The van der Waals surface area contributed by atoms with Gasteiger partial charge >= 0.3 is 0 Å². The van der Waals surface area contributed by atoms with Crippen LogP contribution in [0, 0.1) is 0 Å². The highest BCUT2D eigenvalue weighted by Crippen LogP contribution is 2.29. The molecule has 4 heteroatoms. The van der Waals surface area contributed by atoms with Crippen molar-refractivity contribution in [3.05, 3.63) is 62.5 Å². The van der Waals surface area contributed by atoms with E-state index in [2.05, 4.69) is 31.9 Å². The van der Waals surface area contributed by atoms with Crippen LogP contribution in [0.4, 0.5) is 0 Å². The van der Waals surface area contributed by atoms with Crippen LogP contribution in [-0.2, 0) is 6.42 Å². The minimum Gasteiger partial charge on any atom is -0.497 e. The highest BCUT2D eigenvalue weighted by Gasteiger charge is 2.12. The molecule has 0 saturated heterocycles. The first kappa shape index (κ1) is 14.6. The lowest BCUT2D eigenvalue weighted by molar-refractivity contribution is 0.177. The van der Waals surface area contributed by atoms with Crippen LogP contribution in [0.3, 0.4) is 0 Å². The first-order valence-corrected chi connectivity index (χ1v) is 7.44. The van der Waals surface area contributed by atoms with E-state index in [1.165, 1.54) is 0 Å². The third-order valence-electron chi connectivity index (χ3n) is 2.91. The number of halogens is 2. The van der Waals surface area contributed by atoms with Crippen LogP contribution in [0.5, 0.6) is 5.75 Å². The summed E-state index contributed by atoms with van der Waals surface area (Å²) in [4.78, 5) is 0. The van der Waals surface area contributed by atoms with Crippen LogP contribution in [0.1, 0.15) is 17.2 Å². The molecule has 2 rings (SSSR count). The van der Waals surface area contributed by atoms with Crippen LogP contribution in [0.2, 0.25) is 0 Å². The van der Waals surface area contributed by atoms with Crippen LogP contribution in [-0.4, -0.2) is 12.2 Å². The number of hydrogen-bond acceptors (Lipinski definition) is 2. The fourth-order valence-corrected chi connectivity index (χ4v) is 2.75. The molecule has 1 unspecified atom stereocenters. The fourth-order valence-electron chi connectivity index (χ4n) is 1.86. The van der Waals surface area contributed by atoms with E-state index < -0.39 is 6.10 Å². The second-order valence-electron chi connectivity index (χ2n) is 4.23. The highest BCUT2D eigenvalue weighted by atomic mass is 79.9. The first-order valence-electron chi connectivity index (χ1n) is 5.86. The standard InChI is InChI=1S/C15H14Br2O2/c1-19-12-5-2-10(3-6-12)8-15(18)13-9-11(16)4-7-14(13)17/h2-7,9,15,18H,8H2,1H3.